The highest BCUT2D eigenvalue weighted by molar-refractivity contribution is 5.83. The zero-order valence-corrected chi connectivity index (χ0v) is 17.0. The topological polar surface area (TPSA) is 37.0 Å². The summed E-state index contributed by atoms with van der Waals surface area (Å²) in [6.07, 6.45) is 10.4. The molecule has 0 bridgehead atoms. The van der Waals surface area contributed by atoms with Gasteiger partial charge in [0.05, 0.1) is 0 Å². The number of hydrogen-bond acceptors (Lipinski definition) is 2. The van der Waals surface area contributed by atoms with Crippen LogP contribution in [0.1, 0.15) is 48.4 Å². The summed E-state index contributed by atoms with van der Waals surface area (Å²) in [7, 11) is 0. The Morgan fingerprint density at radius 3 is 2.96 bits per heavy atom. The quantitative estimate of drug-likeness (QED) is 0.477. The summed E-state index contributed by atoms with van der Waals surface area (Å²) in [6.45, 7) is 4.91. The van der Waals surface area contributed by atoms with Crippen LogP contribution in [0.15, 0.2) is 42.6 Å². The summed E-state index contributed by atoms with van der Waals surface area (Å²) in [5.41, 5.74) is 7.05. The fourth-order valence-electron chi connectivity index (χ4n) is 4.36. The molecule has 0 fully saturated rings. The molecule has 0 spiro atoms. The summed E-state index contributed by atoms with van der Waals surface area (Å²) in [5, 5.41) is 4.93. The van der Waals surface area contributed by atoms with Gasteiger partial charge >= 0.3 is 0 Å². The zero-order valence-electron chi connectivity index (χ0n) is 17.0. The maximum absolute atomic E-state index is 6.03. The first-order valence-corrected chi connectivity index (χ1v) is 10.9. The Balaban J connectivity index is 1.19. The molecule has 1 aromatic heterocycles. The third kappa shape index (κ3) is 4.41. The van der Waals surface area contributed by atoms with E-state index in [4.69, 9.17) is 4.74 Å². The van der Waals surface area contributed by atoms with E-state index in [9.17, 15) is 0 Å². The highest BCUT2D eigenvalue weighted by Crippen LogP contribution is 2.30. The van der Waals surface area contributed by atoms with Gasteiger partial charge in [-0.1, -0.05) is 31.5 Å². The predicted octanol–water partition coefficient (Wildman–Crippen LogP) is 5.21. The zero-order chi connectivity index (χ0) is 19.2. The van der Waals surface area contributed by atoms with Crippen LogP contribution in [0.2, 0.25) is 0 Å². The molecule has 0 aliphatic heterocycles. The van der Waals surface area contributed by atoms with E-state index in [0.29, 0.717) is 0 Å². The molecular weight excluding hydrogens is 344 g/mol. The second kappa shape index (κ2) is 9.29. The summed E-state index contributed by atoms with van der Waals surface area (Å²) >= 11 is 0. The molecule has 2 N–H and O–H groups in total. The number of aromatic nitrogens is 1. The van der Waals surface area contributed by atoms with E-state index < -0.39 is 0 Å². The Morgan fingerprint density at radius 2 is 2.04 bits per heavy atom. The lowest BCUT2D eigenvalue weighted by molar-refractivity contribution is 0.311. The smallest absolute Gasteiger partial charge is 0.122 e. The molecule has 0 atom stereocenters. The van der Waals surface area contributed by atoms with Crippen molar-refractivity contribution in [3.05, 3.63) is 64.8 Å². The number of ether oxygens (including phenoxy) is 1. The lowest BCUT2D eigenvalue weighted by Crippen LogP contribution is -2.22. The highest BCUT2D eigenvalue weighted by atomic mass is 16.5. The summed E-state index contributed by atoms with van der Waals surface area (Å²) in [5.74, 6) is 1.10. The van der Waals surface area contributed by atoms with E-state index >= 15 is 0 Å². The second-order valence-corrected chi connectivity index (χ2v) is 7.89. The van der Waals surface area contributed by atoms with Crippen LogP contribution in [0.25, 0.3) is 10.9 Å². The van der Waals surface area contributed by atoms with E-state index in [1.165, 1.54) is 58.8 Å². The molecule has 0 amide bonds. The first kappa shape index (κ1) is 19.1. The molecule has 3 aromatic rings. The maximum atomic E-state index is 6.03. The predicted molar refractivity (Wildman–Crippen MR) is 117 cm³/mol. The largest absolute Gasteiger partial charge is 0.492 e. The molecule has 3 heteroatoms. The van der Waals surface area contributed by atoms with Gasteiger partial charge in [0.15, 0.2) is 0 Å². The number of rotatable bonds is 10. The van der Waals surface area contributed by atoms with Crippen molar-refractivity contribution >= 4 is 10.9 Å². The number of benzene rings is 2. The number of aromatic amines is 1. The summed E-state index contributed by atoms with van der Waals surface area (Å²) in [6, 6.07) is 13.3. The lowest BCUT2D eigenvalue weighted by Gasteiger charge is -2.11. The molecule has 148 valence electrons. The van der Waals surface area contributed by atoms with Gasteiger partial charge in [-0.25, -0.2) is 0 Å². The first-order valence-electron chi connectivity index (χ1n) is 10.9. The molecule has 28 heavy (non-hydrogen) atoms. The van der Waals surface area contributed by atoms with Gasteiger partial charge in [-0.2, -0.15) is 0 Å². The lowest BCUT2D eigenvalue weighted by atomic mass is 10.0. The molecule has 0 radical (unpaired) electrons. The van der Waals surface area contributed by atoms with Crippen LogP contribution in [-0.2, 0) is 25.7 Å². The van der Waals surface area contributed by atoms with E-state index in [-0.39, 0.29) is 0 Å². The summed E-state index contributed by atoms with van der Waals surface area (Å²) < 4.78 is 6.03. The van der Waals surface area contributed by atoms with Crippen LogP contribution in [0.4, 0.5) is 0 Å². The Hall–Kier alpha value is -2.26. The maximum Gasteiger partial charge on any atom is 0.122 e. The number of nitrogens with one attached hydrogen (secondary N) is 2. The van der Waals surface area contributed by atoms with E-state index in [1.54, 1.807) is 0 Å². The van der Waals surface area contributed by atoms with Crippen molar-refractivity contribution in [2.24, 2.45) is 0 Å². The van der Waals surface area contributed by atoms with Crippen LogP contribution in [0.5, 0.6) is 5.75 Å². The van der Waals surface area contributed by atoms with E-state index in [0.717, 1.165) is 44.7 Å². The third-order valence-electron chi connectivity index (χ3n) is 5.81. The minimum absolute atomic E-state index is 0.740. The van der Waals surface area contributed by atoms with Crippen LogP contribution in [-0.4, -0.2) is 24.7 Å². The molecule has 1 aliphatic carbocycles. The van der Waals surface area contributed by atoms with E-state index in [1.807, 2.05) is 0 Å². The van der Waals surface area contributed by atoms with Crippen molar-refractivity contribution in [3.63, 3.8) is 0 Å². The van der Waals surface area contributed by atoms with Gasteiger partial charge in [0.25, 0.3) is 0 Å². The van der Waals surface area contributed by atoms with Crippen LogP contribution >= 0.6 is 0 Å². The van der Waals surface area contributed by atoms with Gasteiger partial charge in [-0.05, 0) is 85.5 Å². The number of hydrogen-bond donors (Lipinski definition) is 2. The normalized spacial score (nSPS) is 13.2. The first-order chi connectivity index (χ1) is 13.8. The highest BCUT2D eigenvalue weighted by Gasteiger charge is 2.14. The van der Waals surface area contributed by atoms with Gasteiger partial charge in [-0.3, -0.25) is 0 Å². The van der Waals surface area contributed by atoms with Crippen LogP contribution in [0, 0.1) is 0 Å². The SMILES string of the molecule is CCCc1ccc2[nH]cc(CCCNCCOc3cccc4c3CCC4)c2c1. The van der Waals surface area contributed by atoms with Crippen LogP contribution < -0.4 is 10.1 Å². The molecule has 0 saturated heterocycles. The molecule has 3 nitrogen and oxygen atoms in total. The molecule has 0 unspecified atom stereocenters. The van der Waals surface area contributed by atoms with Gasteiger partial charge in [0, 0.05) is 23.6 Å². The van der Waals surface area contributed by atoms with Crippen molar-refractivity contribution < 1.29 is 4.74 Å². The Morgan fingerprint density at radius 1 is 1.07 bits per heavy atom. The minimum Gasteiger partial charge on any atom is -0.492 e. The number of fused-ring (bicyclic) bond motifs is 2. The average Bonchev–Trinajstić information content (AvgIpc) is 3.35. The van der Waals surface area contributed by atoms with Crippen LogP contribution in [0.3, 0.4) is 0 Å². The van der Waals surface area contributed by atoms with Crippen molar-refractivity contribution in [2.45, 2.75) is 51.9 Å². The third-order valence-corrected chi connectivity index (χ3v) is 5.81. The second-order valence-electron chi connectivity index (χ2n) is 7.89. The molecule has 2 aromatic carbocycles. The molecule has 1 aliphatic rings. The van der Waals surface area contributed by atoms with Gasteiger partial charge in [0.1, 0.15) is 12.4 Å². The minimum atomic E-state index is 0.740. The Kier molecular flexibility index (Phi) is 6.33. The Bertz CT molecular complexity index is 912. The van der Waals surface area contributed by atoms with Gasteiger partial charge in [-0.15, -0.1) is 0 Å². The molecule has 1 heterocycles. The molecular formula is C25H32N2O. The van der Waals surface area contributed by atoms with E-state index in [2.05, 4.69) is 59.8 Å². The standard InChI is InChI=1S/C25H32N2O/c1-2-6-19-12-13-24-23(17-19)21(18-27-24)9-5-14-26-15-16-28-25-11-4-8-20-7-3-10-22(20)25/h4,8,11-13,17-18,26-27H,2-3,5-7,9-10,14-16H2,1H3. The van der Waals surface area contributed by atoms with Crippen molar-refractivity contribution in [3.8, 4) is 5.75 Å². The van der Waals surface area contributed by atoms with Gasteiger partial charge < -0.3 is 15.0 Å². The fraction of sp³-hybridized carbons (Fsp3) is 0.440. The van der Waals surface area contributed by atoms with Crippen molar-refractivity contribution in [2.75, 3.05) is 19.7 Å². The molecule has 4 rings (SSSR count). The average molecular weight is 377 g/mol. The number of aryl methyl sites for hydroxylation is 3. The number of H-pyrrole nitrogens is 1. The van der Waals surface area contributed by atoms with Gasteiger partial charge in [0.2, 0.25) is 0 Å². The monoisotopic (exact) mass is 376 g/mol. The Labute approximate surface area is 168 Å². The van der Waals surface area contributed by atoms with Crippen molar-refractivity contribution in [1.29, 1.82) is 0 Å². The van der Waals surface area contributed by atoms with Crippen molar-refractivity contribution in [1.82, 2.24) is 10.3 Å². The fourth-order valence-corrected chi connectivity index (χ4v) is 4.36. The summed E-state index contributed by atoms with van der Waals surface area (Å²) in [4.78, 5) is 3.42. The molecule has 0 saturated carbocycles.